The van der Waals surface area contributed by atoms with Gasteiger partial charge in [0.1, 0.15) is 6.61 Å². The molecule has 1 aromatic rings. The van der Waals surface area contributed by atoms with Crippen LogP contribution in [0.15, 0.2) is 29.4 Å². The molecule has 0 saturated carbocycles. The predicted octanol–water partition coefficient (Wildman–Crippen LogP) is 2.64. The quantitative estimate of drug-likeness (QED) is 0.449. The molecule has 0 radical (unpaired) electrons. The topological polar surface area (TPSA) is 24.8 Å². The van der Waals surface area contributed by atoms with Gasteiger partial charge >= 0.3 is 0 Å². The van der Waals surface area contributed by atoms with Crippen LogP contribution in [0.3, 0.4) is 0 Å². The lowest BCUT2D eigenvalue weighted by atomic mass is 10.1. The van der Waals surface area contributed by atoms with Crippen LogP contribution in [-0.4, -0.2) is 37.9 Å². The summed E-state index contributed by atoms with van der Waals surface area (Å²) in [5.74, 6) is 0. The second kappa shape index (κ2) is 6.51. The normalized spacial score (nSPS) is 11.9. The molecule has 0 aromatic heterocycles. The lowest BCUT2D eigenvalue weighted by Crippen LogP contribution is -2.17. The zero-order valence-corrected chi connectivity index (χ0v) is 10.7. The van der Waals surface area contributed by atoms with E-state index in [1.807, 2.05) is 50.2 Å². The first-order chi connectivity index (χ1) is 7.59. The molecule has 0 fully saturated rings. The van der Waals surface area contributed by atoms with Gasteiger partial charge in [-0.15, -0.1) is 0 Å². The SMILES string of the molecule is C/C(=N/OCCN(C)C)c1ccc(Cl)cc1. The average Bonchev–Trinajstić information content (AvgIpc) is 2.25. The molecule has 0 saturated heterocycles. The molecule has 0 unspecified atom stereocenters. The average molecular weight is 241 g/mol. The number of rotatable bonds is 5. The summed E-state index contributed by atoms with van der Waals surface area (Å²) in [4.78, 5) is 7.25. The number of hydrogen-bond donors (Lipinski definition) is 0. The van der Waals surface area contributed by atoms with Crippen LogP contribution in [-0.2, 0) is 4.84 Å². The molecule has 3 nitrogen and oxygen atoms in total. The molecule has 0 heterocycles. The van der Waals surface area contributed by atoms with Crippen molar-refractivity contribution in [2.24, 2.45) is 5.16 Å². The van der Waals surface area contributed by atoms with Gasteiger partial charge in [-0.3, -0.25) is 0 Å². The van der Waals surface area contributed by atoms with E-state index in [-0.39, 0.29) is 0 Å². The van der Waals surface area contributed by atoms with Crippen molar-refractivity contribution in [3.8, 4) is 0 Å². The molecule has 0 aliphatic rings. The van der Waals surface area contributed by atoms with Crippen LogP contribution in [0.4, 0.5) is 0 Å². The van der Waals surface area contributed by atoms with Crippen molar-refractivity contribution < 1.29 is 4.84 Å². The molecular formula is C12H17ClN2O. The maximum Gasteiger partial charge on any atom is 0.129 e. The van der Waals surface area contributed by atoms with E-state index in [9.17, 15) is 0 Å². The van der Waals surface area contributed by atoms with Crippen molar-refractivity contribution in [2.75, 3.05) is 27.2 Å². The first-order valence-corrected chi connectivity index (χ1v) is 5.54. The van der Waals surface area contributed by atoms with E-state index in [0.29, 0.717) is 6.61 Å². The Kier molecular flexibility index (Phi) is 5.29. The number of benzene rings is 1. The Labute approximate surface area is 102 Å². The fourth-order valence-corrected chi connectivity index (χ4v) is 1.24. The summed E-state index contributed by atoms with van der Waals surface area (Å²) < 4.78 is 0. The highest BCUT2D eigenvalue weighted by atomic mass is 35.5. The Morgan fingerprint density at radius 2 is 1.94 bits per heavy atom. The van der Waals surface area contributed by atoms with Gasteiger partial charge in [-0.1, -0.05) is 28.9 Å². The summed E-state index contributed by atoms with van der Waals surface area (Å²) in [6, 6.07) is 7.54. The van der Waals surface area contributed by atoms with Crippen molar-refractivity contribution in [3.05, 3.63) is 34.9 Å². The lowest BCUT2D eigenvalue weighted by Gasteiger charge is -2.08. The molecular weight excluding hydrogens is 224 g/mol. The van der Waals surface area contributed by atoms with Gasteiger partial charge in [0.05, 0.1) is 5.71 Å². The van der Waals surface area contributed by atoms with Gasteiger partial charge in [-0.2, -0.15) is 0 Å². The molecule has 4 heteroatoms. The molecule has 0 atom stereocenters. The highest BCUT2D eigenvalue weighted by molar-refractivity contribution is 6.30. The van der Waals surface area contributed by atoms with E-state index in [1.54, 1.807) is 0 Å². The summed E-state index contributed by atoms with van der Waals surface area (Å²) >= 11 is 5.80. The Morgan fingerprint density at radius 3 is 2.50 bits per heavy atom. The highest BCUT2D eigenvalue weighted by Crippen LogP contribution is 2.10. The molecule has 0 spiro atoms. The van der Waals surface area contributed by atoms with Gasteiger partial charge < -0.3 is 9.74 Å². The third-order valence-corrected chi connectivity index (χ3v) is 2.35. The van der Waals surface area contributed by atoms with Crippen molar-refractivity contribution >= 4 is 17.3 Å². The zero-order chi connectivity index (χ0) is 12.0. The molecule has 1 aromatic carbocycles. The summed E-state index contributed by atoms with van der Waals surface area (Å²) in [6.07, 6.45) is 0. The summed E-state index contributed by atoms with van der Waals surface area (Å²) in [5.41, 5.74) is 1.88. The van der Waals surface area contributed by atoms with Gasteiger partial charge in [0, 0.05) is 11.6 Å². The fourth-order valence-electron chi connectivity index (χ4n) is 1.11. The van der Waals surface area contributed by atoms with Gasteiger partial charge in [0.15, 0.2) is 0 Å². The second-order valence-electron chi connectivity index (χ2n) is 3.82. The summed E-state index contributed by atoms with van der Waals surface area (Å²) in [5, 5.41) is 4.77. The third kappa shape index (κ3) is 4.64. The Morgan fingerprint density at radius 1 is 1.31 bits per heavy atom. The number of likely N-dealkylation sites (N-methyl/N-ethyl adjacent to an activating group) is 1. The van der Waals surface area contributed by atoms with E-state index in [4.69, 9.17) is 16.4 Å². The standard InChI is InChI=1S/C12H17ClN2O/c1-10(14-16-9-8-15(2)3)11-4-6-12(13)7-5-11/h4-7H,8-9H2,1-3H3/b14-10-. The van der Waals surface area contributed by atoms with E-state index in [1.165, 1.54) is 0 Å². The van der Waals surface area contributed by atoms with Gasteiger partial charge in [-0.05, 0) is 38.7 Å². The Bertz CT molecular complexity index is 347. The molecule has 16 heavy (non-hydrogen) atoms. The van der Waals surface area contributed by atoms with Crippen molar-refractivity contribution in [1.29, 1.82) is 0 Å². The lowest BCUT2D eigenvalue weighted by molar-refractivity contribution is 0.126. The van der Waals surface area contributed by atoms with Crippen molar-refractivity contribution in [3.63, 3.8) is 0 Å². The number of oxime groups is 1. The first kappa shape index (κ1) is 13.0. The van der Waals surface area contributed by atoms with Crippen LogP contribution in [0.25, 0.3) is 0 Å². The van der Waals surface area contributed by atoms with Crippen LogP contribution in [0.5, 0.6) is 0 Å². The molecule has 1 rings (SSSR count). The summed E-state index contributed by atoms with van der Waals surface area (Å²) in [6.45, 7) is 3.37. The van der Waals surface area contributed by atoms with Crippen LogP contribution < -0.4 is 0 Å². The van der Waals surface area contributed by atoms with Crippen molar-refractivity contribution in [2.45, 2.75) is 6.92 Å². The summed E-state index contributed by atoms with van der Waals surface area (Å²) in [7, 11) is 4.00. The molecule has 0 aliphatic carbocycles. The second-order valence-corrected chi connectivity index (χ2v) is 4.26. The number of halogens is 1. The highest BCUT2D eigenvalue weighted by Gasteiger charge is 1.97. The van der Waals surface area contributed by atoms with E-state index >= 15 is 0 Å². The van der Waals surface area contributed by atoms with Crippen molar-refractivity contribution in [1.82, 2.24) is 4.90 Å². The minimum Gasteiger partial charge on any atom is -0.394 e. The molecule has 88 valence electrons. The van der Waals surface area contributed by atoms with E-state index < -0.39 is 0 Å². The van der Waals surface area contributed by atoms with Gasteiger partial charge in [0.2, 0.25) is 0 Å². The van der Waals surface area contributed by atoms with Crippen LogP contribution in [0, 0.1) is 0 Å². The minimum atomic E-state index is 0.595. The fraction of sp³-hybridized carbons (Fsp3) is 0.417. The van der Waals surface area contributed by atoms with Gasteiger partial charge in [-0.25, -0.2) is 0 Å². The van der Waals surface area contributed by atoms with Gasteiger partial charge in [0.25, 0.3) is 0 Å². The predicted molar refractivity (Wildman–Crippen MR) is 68.2 cm³/mol. The smallest absolute Gasteiger partial charge is 0.129 e. The maximum atomic E-state index is 5.80. The molecule has 0 aliphatic heterocycles. The maximum absolute atomic E-state index is 5.80. The molecule has 0 amide bonds. The number of nitrogens with zero attached hydrogens (tertiary/aromatic N) is 2. The minimum absolute atomic E-state index is 0.595. The van der Waals surface area contributed by atoms with Crippen LogP contribution >= 0.6 is 11.6 Å². The Balaban J connectivity index is 2.47. The van der Waals surface area contributed by atoms with Crippen LogP contribution in [0.1, 0.15) is 12.5 Å². The third-order valence-electron chi connectivity index (χ3n) is 2.09. The molecule has 0 N–H and O–H groups in total. The Hall–Kier alpha value is -1.06. The zero-order valence-electron chi connectivity index (χ0n) is 9.90. The first-order valence-electron chi connectivity index (χ1n) is 5.17. The van der Waals surface area contributed by atoms with E-state index in [0.717, 1.165) is 22.8 Å². The van der Waals surface area contributed by atoms with E-state index in [2.05, 4.69) is 5.16 Å². The monoisotopic (exact) mass is 240 g/mol. The largest absolute Gasteiger partial charge is 0.394 e. The molecule has 0 bridgehead atoms. The number of hydrogen-bond acceptors (Lipinski definition) is 3. The van der Waals surface area contributed by atoms with Crippen LogP contribution in [0.2, 0.25) is 5.02 Å².